The second-order valence-electron chi connectivity index (χ2n) is 3.40. The molecule has 0 saturated carbocycles. The zero-order chi connectivity index (χ0) is 12.4. The molecule has 3 aromatic heterocycles. The molecule has 0 saturated heterocycles. The largest absolute Gasteiger partial charge is 0.481 e. The van der Waals surface area contributed by atoms with E-state index >= 15 is 0 Å². The molecule has 0 aliphatic heterocycles. The minimum atomic E-state index is 0.529. The first-order valence-electron chi connectivity index (χ1n) is 5.21. The van der Waals surface area contributed by atoms with E-state index in [1.54, 1.807) is 19.4 Å². The van der Waals surface area contributed by atoms with Gasteiger partial charge in [0.05, 0.1) is 7.11 Å². The Labute approximate surface area is 107 Å². The van der Waals surface area contributed by atoms with E-state index < -0.39 is 0 Å². The summed E-state index contributed by atoms with van der Waals surface area (Å²) >= 11 is 1.34. The van der Waals surface area contributed by atoms with E-state index in [0.717, 1.165) is 10.8 Å². The van der Waals surface area contributed by atoms with Crippen molar-refractivity contribution in [2.24, 2.45) is 0 Å². The minimum absolute atomic E-state index is 0.529. The Balaban J connectivity index is 1.96. The average Bonchev–Trinajstić information content (AvgIpc) is 2.83. The highest BCUT2D eigenvalue weighted by atomic mass is 32.2. The van der Waals surface area contributed by atoms with Gasteiger partial charge in [-0.2, -0.15) is 4.98 Å². The first-order chi connectivity index (χ1) is 8.86. The van der Waals surface area contributed by atoms with Crippen LogP contribution in [-0.4, -0.2) is 31.7 Å². The second kappa shape index (κ2) is 4.61. The summed E-state index contributed by atoms with van der Waals surface area (Å²) in [6.45, 7) is 0. The van der Waals surface area contributed by atoms with Crippen LogP contribution in [0.4, 0.5) is 0 Å². The summed E-state index contributed by atoms with van der Waals surface area (Å²) < 4.78 is 6.94. The quantitative estimate of drug-likeness (QED) is 0.667. The lowest BCUT2D eigenvalue weighted by molar-refractivity contribution is 0.392. The fourth-order valence-corrected chi connectivity index (χ4v) is 2.21. The van der Waals surface area contributed by atoms with Crippen LogP contribution < -0.4 is 4.74 Å². The van der Waals surface area contributed by atoms with Gasteiger partial charge in [0.25, 0.3) is 0 Å². The van der Waals surface area contributed by atoms with Gasteiger partial charge >= 0.3 is 0 Å². The maximum absolute atomic E-state index is 5.05. The Morgan fingerprint density at radius 3 is 3.06 bits per heavy atom. The number of ether oxygens (including phenoxy) is 1. The van der Waals surface area contributed by atoms with Crippen molar-refractivity contribution in [1.29, 1.82) is 0 Å². The van der Waals surface area contributed by atoms with Crippen molar-refractivity contribution in [3.63, 3.8) is 0 Å². The number of hydrogen-bond acceptors (Lipinski definition) is 6. The number of aromatic nitrogens is 5. The molecule has 0 spiro atoms. The SMILES string of the molecule is COc1ccnc(Sc2nnc3ccccn23)n1. The predicted octanol–water partition coefficient (Wildman–Crippen LogP) is 1.68. The molecule has 0 aliphatic carbocycles. The lowest BCUT2D eigenvalue weighted by Crippen LogP contribution is -1.92. The normalized spacial score (nSPS) is 10.7. The molecule has 0 N–H and O–H groups in total. The van der Waals surface area contributed by atoms with Crippen molar-refractivity contribution in [2.45, 2.75) is 10.3 Å². The second-order valence-corrected chi connectivity index (χ2v) is 4.33. The summed E-state index contributed by atoms with van der Waals surface area (Å²) in [5.74, 6) is 0.529. The van der Waals surface area contributed by atoms with Gasteiger partial charge in [-0.15, -0.1) is 10.2 Å². The molecule has 0 aromatic carbocycles. The predicted molar refractivity (Wildman–Crippen MR) is 65.7 cm³/mol. The fraction of sp³-hybridized carbons (Fsp3) is 0.0909. The molecule has 7 heteroatoms. The van der Waals surface area contributed by atoms with Gasteiger partial charge in [0, 0.05) is 18.5 Å². The molecule has 18 heavy (non-hydrogen) atoms. The molecule has 0 radical (unpaired) electrons. The topological polar surface area (TPSA) is 65.2 Å². The molecule has 6 nitrogen and oxygen atoms in total. The van der Waals surface area contributed by atoms with E-state index in [1.807, 2.05) is 28.8 Å². The fourth-order valence-electron chi connectivity index (χ4n) is 1.46. The van der Waals surface area contributed by atoms with E-state index in [-0.39, 0.29) is 0 Å². The minimum Gasteiger partial charge on any atom is -0.481 e. The monoisotopic (exact) mass is 259 g/mol. The first-order valence-corrected chi connectivity index (χ1v) is 6.03. The van der Waals surface area contributed by atoms with Crippen LogP contribution in [0.5, 0.6) is 5.88 Å². The Kier molecular flexibility index (Phi) is 2.81. The summed E-state index contributed by atoms with van der Waals surface area (Å²) in [6.07, 6.45) is 3.55. The van der Waals surface area contributed by atoms with Crippen LogP contribution in [0.3, 0.4) is 0 Å². The van der Waals surface area contributed by atoms with Crippen LogP contribution in [0.2, 0.25) is 0 Å². The van der Waals surface area contributed by atoms with Crippen LogP contribution in [0.25, 0.3) is 5.65 Å². The number of pyridine rings is 1. The van der Waals surface area contributed by atoms with Gasteiger partial charge < -0.3 is 4.74 Å². The molecule has 0 aliphatic rings. The number of rotatable bonds is 3. The molecule has 3 rings (SSSR count). The summed E-state index contributed by atoms with van der Waals surface area (Å²) in [4.78, 5) is 8.38. The van der Waals surface area contributed by atoms with Gasteiger partial charge in [-0.3, -0.25) is 4.40 Å². The number of fused-ring (bicyclic) bond motifs is 1. The smallest absolute Gasteiger partial charge is 0.217 e. The van der Waals surface area contributed by atoms with E-state index in [1.165, 1.54) is 11.8 Å². The van der Waals surface area contributed by atoms with Crippen molar-refractivity contribution in [3.05, 3.63) is 36.7 Å². The van der Waals surface area contributed by atoms with Crippen molar-refractivity contribution < 1.29 is 4.74 Å². The standard InChI is InChI=1S/C11H9N5OS/c1-17-9-5-6-12-10(13-9)18-11-15-14-8-4-2-3-7-16(8)11/h2-7H,1H3. The van der Waals surface area contributed by atoms with E-state index in [2.05, 4.69) is 20.2 Å². The highest BCUT2D eigenvalue weighted by Gasteiger charge is 2.09. The lowest BCUT2D eigenvalue weighted by atomic mass is 10.5. The summed E-state index contributed by atoms with van der Waals surface area (Å²) in [7, 11) is 1.57. The molecule has 0 amide bonds. The molecule has 0 atom stereocenters. The molecular formula is C11H9N5OS. The third kappa shape index (κ3) is 2.00. The van der Waals surface area contributed by atoms with Gasteiger partial charge in [-0.1, -0.05) is 6.07 Å². The first kappa shape index (κ1) is 11.0. The number of hydrogen-bond donors (Lipinski definition) is 0. The maximum atomic E-state index is 5.05. The van der Waals surface area contributed by atoms with Gasteiger partial charge in [0.15, 0.2) is 10.8 Å². The molecule has 3 aromatic rings. The van der Waals surface area contributed by atoms with Crippen LogP contribution in [0.1, 0.15) is 0 Å². The van der Waals surface area contributed by atoms with Crippen molar-refractivity contribution in [2.75, 3.05) is 7.11 Å². The van der Waals surface area contributed by atoms with E-state index in [9.17, 15) is 0 Å². The van der Waals surface area contributed by atoms with Crippen LogP contribution in [0, 0.1) is 0 Å². The van der Waals surface area contributed by atoms with Crippen LogP contribution in [-0.2, 0) is 0 Å². The molecule has 0 fully saturated rings. The van der Waals surface area contributed by atoms with Crippen LogP contribution in [0.15, 0.2) is 47.0 Å². The number of nitrogens with zero attached hydrogens (tertiary/aromatic N) is 5. The summed E-state index contributed by atoms with van der Waals surface area (Å²) in [5.41, 5.74) is 0.794. The van der Waals surface area contributed by atoms with Gasteiger partial charge in [-0.05, 0) is 23.9 Å². The highest BCUT2D eigenvalue weighted by Crippen LogP contribution is 2.24. The Morgan fingerprint density at radius 2 is 2.17 bits per heavy atom. The van der Waals surface area contributed by atoms with E-state index in [4.69, 9.17) is 4.74 Å². The molecule has 90 valence electrons. The summed E-state index contributed by atoms with van der Waals surface area (Å²) in [6, 6.07) is 7.43. The highest BCUT2D eigenvalue weighted by molar-refractivity contribution is 7.99. The Bertz CT molecular complexity index is 684. The van der Waals surface area contributed by atoms with E-state index in [0.29, 0.717) is 11.0 Å². The van der Waals surface area contributed by atoms with Gasteiger partial charge in [-0.25, -0.2) is 4.98 Å². The average molecular weight is 259 g/mol. The van der Waals surface area contributed by atoms with Gasteiger partial charge in [0.1, 0.15) is 0 Å². The Morgan fingerprint density at radius 1 is 1.22 bits per heavy atom. The molecule has 0 bridgehead atoms. The zero-order valence-corrected chi connectivity index (χ0v) is 10.3. The third-order valence-electron chi connectivity index (χ3n) is 2.28. The lowest BCUT2D eigenvalue weighted by Gasteiger charge is -2.00. The summed E-state index contributed by atoms with van der Waals surface area (Å²) in [5, 5.41) is 9.46. The third-order valence-corrected chi connectivity index (χ3v) is 3.12. The zero-order valence-electron chi connectivity index (χ0n) is 9.52. The molecule has 0 unspecified atom stereocenters. The molecule has 3 heterocycles. The Hall–Kier alpha value is -2.15. The van der Waals surface area contributed by atoms with Crippen molar-refractivity contribution in [3.8, 4) is 5.88 Å². The van der Waals surface area contributed by atoms with Crippen molar-refractivity contribution >= 4 is 17.4 Å². The van der Waals surface area contributed by atoms with Crippen molar-refractivity contribution in [1.82, 2.24) is 24.6 Å². The molecular weight excluding hydrogens is 250 g/mol. The van der Waals surface area contributed by atoms with Crippen LogP contribution >= 0.6 is 11.8 Å². The maximum Gasteiger partial charge on any atom is 0.217 e. The van der Waals surface area contributed by atoms with Gasteiger partial charge in [0.2, 0.25) is 11.0 Å². The number of methoxy groups -OCH3 is 1.